The van der Waals surface area contributed by atoms with Gasteiger partial charge in [0.2, 0.25) is 5.95 Å². The van der Waals surface area contributed by atoms with E-state index in [1.54, 1.807) is 12.3 Å². The van der Waals surface area contributed by atoms with Crippen molar-refractivity contribution < 1.29 is 18.7 Å². The molecule has 9 nitrogen and oxygen atoms in total. The van der Waals surface area contributed by atoms with Crippen LogP contribution in [0, 0.1) is 24.1 Å². The Morgan fingerprint density at radius 2 is 1.86 bits per heavy atom. The van der Waals surface area contributed by atoms with Crippen molar-refractivity contribution in [2.45, 2.75) is 32.5 Å². The zero-order valence-electron chi connectivity index (χ0n) is 23.5. The molecule has 1 aliphatic rings. The van der Waals surface area contributed by atoms with Gasteiger partial charge in [-0.2, -0.15) is 5.26 Å². The van der Waals surface area contributed by atoms with Gasteiger partial charge in [0.25, 0.3) is 0 Å². The second-order valence-corrected chi connectivity index (χ2v) is 10.4. The molecule has 216 valence electrons. The van der Waals surface area contributed by atoms with Gasteiger partial charge in [-0.05, 0) is 41.8 Å². The van der Waals surface area contributed by atoms with Crippen LogP contribution in [0.1, 0.15) is 29.5 Å². The molecule has 1 fully saturated rings. The lowest BCUT2D eigenvalue weighted by Crippen LogP contribution is -2.40. The van der Waals surface area contributed by atoms with E-state index in [2.05, 4.69) is 4.90 Å². The summed E-state index contributed by atoms with van der Waals surface area (Å²) in [7, 11) is 0. The minimum atomic E-state index is -0.784. The Labute approximate surface area is 247 Å². The molecule has 5 aromatic rings. The molecule has 1 aliphatic heterocycles. The number of hydrogen-bond acceptors (Lipinski definition) is 7. The molecule has 0 atom stereocenters. The molecular weight excluding hydrogens is 547 g/mol. The van der Waals surface area contributed by atoms with Crippen molar-refractivity contribution in [2.24, 2.45) is 5.73 Å². The summed E-state index contributed by atoms with van der Waals surface area (Å²) >= 11 is 0. The van der Waals surface area contributed by atoms with Gasteiger partial charge in [-0.25, -0.2) is 19.2 Å². The van der Waals surface area contributed by atoms with E-state index < -0.39 is 11.9 Å². The molecule has 0 saturated carbocycles. The lowest BCUT2D eigenvalue weighted by atomic mass is 9.97. The highest BCUT2D eigenvalue weighted by molar-refractivity contribution is 5.91. The number of halogens is 1. The number of rotatable bonds is 7. The van der Waals surface area contributed by atoms with Crippen LogP contribution >= 0.6 is 0 Å². The van der Waals surface area contributed by atoms with Gasteiger partial charge < -0.3 is 20.1 Å². The standard InChI is InChI=1S/C33H29FN6O3/c1-21-7-8-23(18-28(21)42-20-22-5-3-2-4-6-22)29-30(24-9-10-25(19-35)27(34)17-24)38-33(40-16-13-37-31(29)40)39-14-11-26(12-15-39)43-32(36)41/h2-10,13,16-18,26H,11-12,14-15,20H2,1H3,(H2,36,41). The first-order chi connectivity index (χ1) is 20.9. The summed E-state index contributed by atoms with van der Waals surface area (Å²) < 4.78 is 28.3. The molecule has 0 bridgehead atoms. The zero-order chi connectivity index (χ0) is 29.9. The second-order valence-electron chi connectivity index (χ2n) is 10.4. The molecular formula is C33H29FN6O3. The highest BCUT2D eigenvalue weighted by atomic mass is 19.1. The normalized spacial score (nSPS) is 13.6. The van der Waals surface area contributed by atoms with E-state index in [4.69, 9.17) is 25.2 Å². The van der Waals surface area contributed by atoms with E-state index in [0.29, 0.717) is 66.7 Å². The lowest BCUT2D eigenvalue weighted by Gasteiger charge is -2.32. The molecule has 1 saturated heterocycles. The Morgan fingerprint density at radius 3 is 2.58 bits per heavy atom. The number of aromatic nitrogens is 3. The molecule has 2 N–H and O–H groups in total. The van der Waals surface area contributed by atoms with E-state index in [-0.39, 0.29) is 11.7 Å². The first kappa shape index (κ1) is 27.7. The van der Waals surface area contributed by atoms with Crippen molar-refractivity contribution in [1.29, 1.82) is 5.26 Å². The topological polar surface area (TPSA) is 119 Å². The van der Waals surface area contributed by atoms with Gasteiger partial charge in [-0.1, -0.05) is 48.5 Å². The molecule has 0 unspecified atom stereocenters. The first-order valence-corrected chi connectivity index (χ1v) is 14.0. The first-order valence-electron chi connectivity index (χ1n) is 14.0. The maximum absolute atomic E-state index is 15.0. The summed E-state index contributed by atoms with van der Waals surface area (Å²) in [6.45, 7) is 3.53. The van der Waals surface area contributed by atoms with Crippen molar-refractivity contribution in [1.82, 2.24) is 14.4 Å². The number of nitriles is 1. The van der Waals surface area contributed by atoms with Crippen molar-refractivity contribution in [3.8, 4) is 34.2 Å². The molecule has 0 aliphatic carbocycles. The van der Waals surface area contributed by atoms with E-state index >= 15 is 0 Å². The minimum absolute atomic E-state index is 0.0455. The molecule has 0 spiro atoms. The van der Waals surface area contributed by atoms with Gasteiger partial charge >= 0.3 is 6.09 Å². The largest absolute Gasteiger partial charge is 0.489 e. The third-order valence-corrected chi connectivity index (χ3v) is 7.61. The molecule has 3 aromatic carbocycles. The van der Waals surface area contributed by atoms with E-state index in [1.807, 2.05) is 72.1 Å². The summed E-state index contributed by atoms with van der Waals surface area (Å²) in [6.07, 6.45) is 3.68. The fourth-order valence-electron chi connectivity index (χ4n) is 5.40. The van der Waals surface area contributed by atoms with Crippen LogP contribution in [0.4, 0.5) is 15.1 Å². The van der Waals surface area contributed by atoms with Crippen molar-refractivity contribution in [3.05, 3.63) is 102 Å². The van der Waals surface area contributed by atoms with E-state index in [0.717, 1.165) is 16.7 Å². The third kappa shape index (κ3) is 5.70. The van der Waals surface area contributed by atoms with Gasteiger partial charge in [0.15, 0.2) is 0 Å². The molecule has 0 radical (unpaired) electrons. The number of carbonyl (C=O) groups excluding carboxylic acids is 1. The highest BCUT2D eigenvalue weighted by Crippen LogP contribution is 2.39. The SMILES string of the molecule is Cc1ccc(-c2c(-c3ccc(C#N)c(F)c3)nc(N3CCC(OC(N)=O)CC3)n3ccnc23)cc1OCc1ccccc1. The lowest BCUT2D eigenvalue weighted by molar-refractivity contribution is 0.0910. The van der Waals surface area contributed by atoms with Crippen molar-refractivity contribution in [3.63, 3.8) is 0 Å². The van der Waals surface area contributed by atoms with Crippen LogP contribution in [-0.4, -0.2) is 39.7 Å². The number of piperidine rings is 1. The Hall–Kier alpha value is -5.43. The number of amides is 1. The summed E-state index contributed by atoms with van der Waals surface area (Å²) in [4.78, 5) is 23.2. The monoisotopic (exact) mass is 576 g/mol. The predicted octanol–water partition coefficient (Wildman–Crippen LogP) is 6.03. The van der Waals surface area contributed by atoms with Crippen LogP contribution in [0.25, 0.3) is 28.0 Å². The second kappa shape index (κ2) is 11.8. The van der Waals surface area contributed by atoms with Gasteiger partial charge in [-0.15, -0.1) is 0 Å². The number of carbonyl (C=O) groups is 1. The summed E-state index contributed by atoms with van der Waals surface area (Å²) in [6, 6.07) is 22.2. The third-order valence-electron chi connectivity index (χ3n) is 7.61. The number of aryl methyl sites for hydroxylation is 1. The predicted molar refractivity (Wildman–Crippen MR) is 160 cm³/mol. The smallest absolute Gasteiger partial charge is 0.404 e. The van der Waals surface area contributed by atoms with Gasteiger partial charge in [0.05, 0.1) is 16.8 Å². The quantitative estimate of drug-likeness (QED) is 0.251. The van der Waals surface area contributed by atoms with E-state index in [1.165, 1.54) is 12.1 Å². The molecule has 3 heterocycles. The van der Waals surface area contributed by atoms with Crippen LogP contribution < -0.4 is 15.4 Å². The number of hydrogen-bond donors (Lipinski definition) is 1. The Bertz CT molecular complexity index is 1840. The van der Waals surface area contributed by atoms with Crippen LogP contribution in [-0.2, 0) is 11.3 Å². The van der Waals surface area contributed by atoms with Crippen LogP contribution in [0.3, 0.4) is 0 Å². The number of benzene rings is 3. The number of nitrogens with two attached hydrogens (primary N) is 1. The number of fused-ring (bicyclic) bond motifs is 1. The highest BCUT2D eigenvalue weighted by Gasteiger charge is 2.27. The fraction of sp³-hybridized carbons (Fsp3) is 0.212. The van der Waals surface area contributed by atoms with E-state index in [9.17, 15) is 14.4 Å². The molecule has 1 amide bonds. The summed E-state index contributed by atoms with van der Waals surface area (Å²) in [5.41, 5.74) is 10.4. The van der Waals surface area contributed by atoms with Gasteiger partial charge in [0, 0.05) is 43.9 Å². The Balaban J connectivity index is 1.46. The molecule has 10 heteroatoms. The van der Waals surface area contributed by atoms with Gasteiger partial charge in [-0.3, -0.25) is 4.40 Å². The summed E-state index contributed by atoms with van der Waals surface area (Å²) in [5, 5.41) is 9.33. The van der Waals surface area contributed by atoms with Gasteiger partial charge in [0.1, 0.15) is 36.0 Å². The Morgan fingerprint density at radius 1 is 1.09 bits per heavy atom. The van der Waals surface area contributed by atoms with Crippen LogP contribution in [0.2, 0.25) is 0 Å². The van der Waals surface area contributed by atoms with Crippen molar-refractivity contribution in [2.75, 3.05) is 18.0 Å². The van der Waals surface area contributed by atoms with Crippen LogP contribution in [0.15, 0.2) is 79.1 Å². The molecule has 2 aromatic heterocycles. The average Bonchev–Trinajstić information content (AvgIpc) is 3.51. The number of imidazole rings is 1. The summed E-state index contributed by atoms with van der Waals surface area (Å²) in [5.74, 6) is 0.711. The number of ether oxygens (including phenoxy) is 2. The average molecular weight is 577 g/mol. The maximum atomic E-state index is 15.0. The maximum Gasteiger partial charge on any atom is 0.404 e. The fourth-order valence-corrected chi connectivity index (χ4v) is 5.40. The van der Waals surface area contributed by atoms with Crippen molar-refractivity contribution >= 4 is 17.7 Å². The molecule has 6 rings (SSSR count). The number of primary amides is 1. The number of anilines is 1. The zero-order valence-corrected chi connectivity index (χ0v) is 23.5. The minimum Gasteiger partial charge on any atom is -0.489 e. The van der Waals surface area contributed by atoms with Crippen LogP contribution in [0.5, 0.6) is 5.75 Å². The molecule has 43 heavy (non-hydrogen) atoms. The Kier molecular flexibility index (Phi) is 7.62. The number of nitrogens with zero attached hydrogens (tertiary/aromatic N) is 5.